The summed E-state index contributed by atoms with van der Waals surface area (Å²) in [6, 6.07) is 4.95. The van der Waals surface area contributed by atoms with Crippen molar-refractivity contribution in [2.75, 3.05) is 13.6 Å². The van der Waals surface area contributed by atoms with Crippen molar-refractivity contribution in [2.24, 2.45) is 5.92 Å². The Kier molecular flexibility index (Phi) is 3.22. The van der Waals surface area contributed by atoms with E-state index < -0.39 is 0 Å². The van der Waals surface area contributed by atoms with Crippen molar-refractivity contribution >= 4 is 11.6 Å². The molecule has 0 radical (unpaired) electrons. The first-order chi connectivity index (χ1) is 7.65. The predicted molar refractivity (Wildman–Crippen MR) is 65.4 cm³/mol. The van der Waals surface area contributed by atoms with Gasteiger partial charge in [0.05, 0.1) is 0 Å². The van der Waals surface area contributed by atoms with Crippen LogP contribution in [-0.4, -0.2) is 13.6 Å². The van der Waals surface area contributed by atoms with Crippen molar-refractivity contribution in [3.63, 3.8) is 0 Å². The molecular weight excluding hydrogens is 225 g/mol. The van der Waals surface area contributed by atoms with E-state index in [4.69, 9.17) is 11.6 Å². The van der Waals surface area contributed by atoms with Crippen molar-refractivity contribution in [1.82, 2.24) is 5.32 Å². The number of likely N-dealkylation sites (N-methyl/N-ethyl adjacent to an activating group) is 1. The van der Waals surface area contributed by atoms with E-state index in [1.807, 2.05) is 7.05 Å². The third kappa shape index (κ3) is 1.74. The third-order valence-electron chi connectivity index (χ3n) is 3.68. The Morgan fingerprint density at radius 3 is 2.81 bits per heavy atom. The summed E-state index contributed by atoms with van der Waals surface area (Å²) in [6.45, 7) is 2.95. The Bertz CT molecular complexity index is 373. The van der Waals surface area contributed by atoms with Crippen LogP contribution in [0.3, 0.4) is 0 Å². The second kappa shape index (κ2) is 4.34. The average molecular weight is 242 g/mol. The van der Waals surface area contributed by atoms with Crippen LogP contribution in [0.4, 0.5) is 4.39 Å². The molecule has 2 atom stereocenters. The fraction of sp³-hybridized carbons (Fsp3) is 0.538. The molecule has 88 valence electrons. The summed E-state index contributed by atoms with van der Waals surface area (Å²) in [5.41, 5.74) is 0.629. The minimum absolute atomic E-state index is 0.0775. The quantitative estimate of drug-likeness (QED) is 0.852. The van der Waals surface area contributed by atoms with Gasteiger partial charge in [0.25, 0.3) is 0 Å². The van der Waals surface area contributed by atoms with Gasteiger partial charge in [0.15, 0.2) is 0 Å². The van der Waals surface area contributed by atoms with Gasteiger partial charge in [0, 0.05) is 22.5 Å². The highest BCUT2D eigenvalue weighted by atomic mass is 35.5. The molecule has 1 N–H and O–H groups in total. The number of halogens is 2. The summed E-state index contributed by atoms with van der Waals surface area (Å²) in [7, 11) is 1.90. The highest BCUT2D eigenvalue weighted by molar-refractivity contribution is 6.31. The van der Waals surface area contributed by atoms with Gasteiger partial charge in [-0.1, -0.05) is 31.0 Å². The van der Waals surface area contributed by atoms with Gasteiger partial charge >= 0.3 is 0 Å². The van der Waals surface area contributed by atoms with Gasteiger partial charge in [-0.15, -0.1) is 0 Å². The van der Waals surface area contributed by atoms with E-state index in [0.29, 0.717) is 16.5 Å². The van der Waals surface area contributed by atoms with E-state index in [0.717, 1.165) is 19.4 Å². The molecule has 0 amide bonds. The number of benzene rings is 1. The van der Waals surface area contributed by atoms with Gasteiger partial charge in [-0.2, -0.15) is 0 Å². The maximum atomic E-state index is 13.9. The van der Waals surface area contributed by atoms with E-state index in [9.17, 15) is 4.39 Å². The fourth-order valence-corrected chi connectivity index (χ4v) is 3.17. The molecule has 1 fully saturated rings. The first-order valence-electron chi connectivity index (χ1n) is 5.74. The molecule has 1 aliphatic rings. The minimum atomic E-state index is -0.168. The average Bonchev–Trinajstić information content (AvgIpc) is 2.93. The minimum Gasteiger partial charge on any atom is -0.319 e. The zero-order valence-corrected chi connectivity index (χ0v) is 10.4. The number of hydrogen-bond acceptors (Lipinski definition) is 1. The van der Waals surface area contributed by atoms with Crippen LogP contribution in [0.25, 0.3) is 0 Å². The smallest absolute Gasteiger partial charge is 0.128 e. The molecule has 1 nitrogen and oxygen atoms in total. The first kappa shape index (κ1) is 11.9. The molecule has 0 aliphatic heterocycles. The lowest BCUT2D eigenvalue weighted by Gasteiger charge is -2.19. The Labute approximate surface area is 101 Å². The lowest BCUT2D eigenvalue weighted by Crippen LogP contribution is -2.27. The Balaban J connectivity index is 2.41. The van der Waals surface area contributed by atoms with Crippen LogP contribution in [0.15, 0.2) is 18.2 Å². The van der Waals surface area contributed by atoms with Crippen LogP contribution >= 0.6 is 11.6 Å². The summed E-state index contributed by atoms with van der Waals surface area (Å²) < 4.78 is 13.9. The molecular formula is C13H17ClFN. The van der Waals surface area contributed by atoms with Crippen LogP contribution in [-0.2, 0) is 5.41 Å². The van der Waals surface area contributed by atoms with Crippen molar-refractivity contribution in [3.05, 3.63) is 34.6 Å². The summed E-state index contributed by atoms with van der Waals surface area (Å²) in [5, 5.41) is 3.72. The second-order valence-electron chi connectivity index (χ2n) is 4.59. The van der Waals surface area contributed by atoms with E-state index in [1.165, 1.54) is 6.07 Å². The molecule has 3 heteroatoms. The Morgan fingerprint density at radius 1 is 1.56 bits per heavy atom. The topological polar surface area (TPSA) is 12.0 Å². The summed E-state index contributed by atoms with van der Waals surface area (Å²) >= 11 is 6.14. The molecule has 0 bridgehead atoms. The van der Waals surface area contributed by atoms with Gasteiger partial charge < -0.3 is 5.32 Å². The van der Waals surface area contributed by atoms with Crippen LogP contribution in [0.2, 0.25) is 5.02 Å². The van der Waals surface area contributed by atoms with E-state index in [-0.39, 0.29) is 11.2 Å². The Morgan fingerprint density at radius 2 is 2.31 bits per heavy atom. The van der Waals surface area contributed by atoms with Crippen LogP contribution in [0, 0.1) is 11.7 Å². The lowest BCUT2D eigenvalue weighted by molar-refractivity contribution is 0.513. The second-order valence-corrected chi connectivity index (χ2v) is 5.00. The molecule has 16 heavy (non-hydrogen) atoms. The Hall–Kier alpha value is -0.600. The van der Waals surface area contributed by atoms with Crippen molar-refractivity contribution in [3.8, 4) is 0 Å². The predicted octanol–water partition coefficient (Wildman–Crippen LogP) is 3.37. The summed E-state index contributed by atoms with van der Waals surface area (Å²) in [4.78, 5) is 0. The van der Waals surface area contributed by atoms with Crippen LogP contribution in [0.5, 0.6) is 0 Å². The number of hydrogen-bond donors (Lipinski definition) is 1. The molecule has 0 heterocycles. The van der Waals surface area contributed by atoms with Gasteiger partial charge in [-0.05, 0) is 31.5 Å². The number of nitrogens with one attached hydrogen (secondary N) is 1. The molecule has 0 aromatic heterocycles. The van der Waals surface area contributed by atoms with Gasteiger partial charge in [0.1, 0.15) is 5.82 Å². The normalized spacial score (nSPS) is 28.1. The lowest BCUT2D eigenvalue weighted by atomic mass is 9.91. The zero-order valence-electron chi connectivity index (χ0n) is 9.69. The maximum Gasteiger partial charge on any atom is 0.128 e. The molecule has 1 aromatic rings. The summed E-state index contributed by atoms with van der Waals surface area (Å²) in [6.07, 6.45) is 2.11. The zero-order chi connectivity index (χ0) is 11.8. The molecule has 1 saturated carbocycles. The van der Waals surface area contributed by atoms with E-state index in [2.05, 4.69) is 12.2 Å². The summed E-state index contributed by atoms with van der Waals surface area (Å²) in [5.74, 6) is 0.382. The van der Waals surface area contributed by atoms with Crippen LogP contribution < -0.4 is 5.32 Å². The molecule has 2 rings (SSSR count). The SMILES string of the molecule is CCC1CC1(CNC)c1c(F)cccc1Cl. The largest absolute Gasteiger partial charge is 0.319 e. The highest BCUT2D eigenvalue weighted by Gasteiger charge is 2.55. The molecule has 0 saturated heterocycles. The van der Waals surface area contributed by atoms with Crippen molar-refractivity contribution < 1.29 is 4.39 Å². The van der Waals surface area contributed by atoms with Crippen molar-refractivity contribution in [2.45, 2.75) is 25.2 Å². The van der Waals surface area contributed by atoms with Gasteiger partial charge in [-0.3, -0.25) is 0 Å². The number of rotatable bonds is 4. The van der Waals surface area contributed by atoms with E-state index in [1.54, 1.807) is 12.1 Å². The standard InChI is InChI=1S/C13H17ClFN/c1-3-9-7-13(9,8-16-2)12-10(14)5-4-6-11(12)15/h4-6,9,16H,3,7-8H2,1-2H3. The van der Waals surface area contributed by atoms with Crippen molar-refractivity contribution in [1.29, 1.82) is 0 Å². The molecule has 1 aliphatic carbocycles. The molecule has 2 unspecified atom stereocenters. The highest BCUT2D eigenvalue weighted by Crippen LogP contribution is 2.57. The van der Waals surface area contributed by atoms with Crippen LogP contribution in [0.1, 0.15) is 25.3 Å². The fourth-order valence-electron chi connectivity index (χ4n) is 2.82. The molecule has 1 aromatic carbocycles. The maximum absolute atomic E-state index is 13.9. The first-order valence-corrected chi connectivity index (χ1v) is 6.12. The molecule has 0 spiro atoms. The monoisotopic (exact) mass is 241 g/mol. The van der Waals surface area contributed by atoms with Gasteiger partial charge in [0.2, 0.25) is 0 Å². The van der Waals surface area contributed by atoms with E-state index >= 15 is 0 Å². The van der Waals surface area contributed by atoms with Gasteiger partial charge in [-0.25, -0.2) is 4.39 Å². The third-order valence-corrected chi connectivity index (χ3v) is 3.99.